The highest BCUT2D eigenvalue weighted by Crippen LogP contribution is 2.46. The Labute approximate surface area is 157 Å². The molecule has 0 radical (unpaired) electrons. The first-order chi connectivity index (χ1) is 12.9. The number of allylic oxidation sites excluding steroid dienone is 1. The number of aromatic nitrogens is 4. The Morgan fingerprint density at radius 2 is 1.74 bits per heavy atom. The predicted molar refractivity (Wildman–Crippen MR) is 100 cm³/mol. The van der Waals surface area contributed by atoms with E-state index >= 15 is 0 Å². The molecule has 27 heavy (non-hydrogen) atoms. The smallest absolute Gasteiger partial charge is 0.229 e. The zero-order chi connectivity index (χ0) is 19.3. The minimum absolute atomic E-state index is 0.106. The summed E-state index contributed by atoms with van der Waals surface area (Å²) < 4.78 is 9.45. The van der Waals surface area contributed by atoms with Crippen molar-refractivity contribution in [3.05, 3.63) is 70.0 Å². The first-order valence-electron chi connectivity index (χ1n) is 8.66. The van der Waals surface area contributed by atoms with E-state index in [0.29, 0.717) is 11.5 Å². The number of hydrogen-bond acceptors (Lipinski definition) is 5. The Kier molecular flexibility index (Phi) is 3.77. The second kappa shape index (κ2) is 6.02. The molecule has 2 N–H and O–H groups in total. The maximum Gasteiger partial charge on any atom is 0.229 e. The maximum atomic E-state index is 9.80. The fraction of sp³-hybridized carbons (Fsp3) is 0.250. The number of nitrogens with two attached hydrogens (primary N) is 1. The van der Waals surface area contributed by atoms with Crippen LogP contribution in [0, 0.1) is 32.1 Å². The van der Waals surface area contributed by atoms with Gasteiger partial charge in [0.05, 0.1) is 28.6 Å². The molecular formula is C20H20N6O. The summed E-state index contributed by atoms with van der Waals surface area (Å²) in [6.07, 6.45) is 0. The summed E-state index contributed by atoms with van der Waals surface area (Å²) in [7, 11) is 1.89. The van der Waals surface area contributed by atoms with Gasteiger partial charge in [-0.1, -0.05) is 18.2 Å². The van der Waals surface area contributed by atoms with Crippen LogP contribution in [0.25, 0.3) is 5.69 Å². The number of nitriles is 1. The van der Waals surface area contributed by atoms with Gasteiger partial charge in [-0.05, 0) is 32.9 Å². The van der Waals surface area contributed by atoms with Crippen LogP contribution in [0.2, 0.25) is 0 Å². The Balaban J connectivity index is 2.02. The molecule has 7 nitrogen and oxygen atoms in total. The van der Waals surface area contributed by atoms with Crippen LogP contribution in [-0.4, -0.2) is 19.6 Å². The molecule has 0 bridgehead atoms. The minimum atomic E-state index is -0.357. The molecule has 0 saturated heterocycles. The molecule has 1 aliphatic heterocycles. The Morgan fingerprint density at radius 3 is 2.33 bits per heavy atom. The lowest BCUT2D eigenvalue weighted by atomic mass is 9.83. The van der Waals surface area contributed by atoms with Crippen LogP contribution < -0.4 is 10.5 Å². The number of fused-ring (bicyclic) bond motifs is 1. The van der Waals surface area contributed by atoms with E-state index in [-0.39, 0.29) is 11.8 Å². The summed E-state index contributed by atoms with van der Waals surface area (Å²) >= 11 is 0. The van der Waals surface area contributed by atoms with Gasteiger partial charge in [0.25, 0.3) is 0 Å². The molecule has 0 aliphatic carbocycles. The SMILES string of the molecule is Cc1nn(C)c(C)c1C1C(C#N)=C(N)Oc2c1c(C)nn2-c1ccccc1. The molecule has 1 aromatic carbocycles. The van der Waals surface area contributed by atoms with Crippen LogP contribution in [0.1, 0.15) is 34.1 Å². The van der Waals surface area contributed by atoms with Crippen molar-refractivity contribution in [1.29, 1.82) is 5.26 Å². The fourth-order valence-corrected chi connectivity index (χ4v) is 3.75. The summed E-state index contributed by atoms with van der Waals surface area (Å²) in [6, 6.07) is 12.0. The average Bonchev–Trinajstić information content (AvgIpc) is 3.10. The molecule has 1 unspecified atom stereocenters. The fourth-order valence-electron chi connectivity index (χ4n) is 3.75. The van der Waals surface area contributed by atoms with Gasteiger partial charge in [0, 0.05) is 18.3 Å². The lowest BCUT2D eigenvalue weighted by molar-refractivity contribution is 0.367. The van der Waals surface area contributed by atoms with Crippen molar-refractivity contribution in [2.24, 2.45) is 12.8 Å². The van der Waals surface area contributed by atoms with Crippen LogP contribution in [0.3, 0.4) is 0 Å². The molecule has 3 heterocycles. The molecule has 2 aromatic heterocycles. The van der Waals surface area contributed by atoms with Gasteiger partial charge in [-0.2, -0.15) is 15.5 Å². The van der Waals surface area contributed by atoms with E-state index < -0.39 is 0 Å². The highest BCUT2D eigenvalue weighted by Gasteiger charge is 2.38. The van der Waals surface area contributed by atoms with Crippen LogP contribution in [0.15, 0.2) is 41.8 Å². The molecule has 1 atom stereocenters. The number of rotatable bonds is 2. The molecule has 0 saturated carbocycles. The lowest BCUT2D eigenvalue weighted by Crippen LogP contribution is -2.22. The predicted octanol–water partition coefficient (Wildman–Crippen LogP) is 2.75. The van der Waals surface area contributed by atoms with Gasteiger partial charge >= 0.3 is 0 Å². The van der Waals surface area contributed by atoms with E-state index in [1.165, 1.54) is 0 Å². The third kappa shape index (κ3) is 2.41. The Hall–Kier alpha value is -3.53. The first kappa shape index (κ1) is 16.9. The van der Waals surface area contributed by atoms with Crippen LogP contribution in [0.5, 0.6) is 5.88 Å². The summed E-state index contributed by atoms with van der Waals surface area (Å²) in [4.78, 5) is 0. The Morgan fingerprint density at radius 1 is 1.07 bits per heavy atom. The summed E-state index contributed by atoms with van der Waals surface area (Å²) in [5, 5.41) is 19.0. The zero-order valence-corrected chi connectivity index (χ0v) is 15.7. The van der Waals surface area contributed by atoms with E-state index in [2.05, 4.69) is 16.3 Å². The van der Waals surface area contributed by atoms with E-state index in [4.69, 9.17) is 10.5 Å². The van der Waals surface area contributed by atoms with Gasteiger partial charge in [0.15, 0.2) is 0 Å². The lowest BCUT2D eigenvalue weighted by Gasteiger charge is -2.25. The van der Waals surface area contributed by atoms with Crippen molar-refractivity contribution in [3.63, 3.8) is 0 Å². The van der Waals surface area contributed by atoms with Crippen molar-refractivity contribution in [1.82, 2.24) is 19.6 Å². The van der Waals surface area contributed by atoms with E-state index in [0.717, 1.165) is 33.9 Å². The topological polar surface area (TPSA) is 94.7 Å². The van der Waals surface area contributed by atoms with Crippen LogP contribution in [-0.2, 0) is 7.05 Å². The number of ether oxygens (including phenoxy) is 1. The molecular weight excluding hydrogens is 340 g/mol. The van der Waals surface area contributed by atoms with Crippen LogP contribution in [0.4, 0.5) is 0 Å². The second-order valence-electron chi connectivity index (χ2n) is 6.68. The number of hydrogen-bond donors (Lipinski definition) is 1. The van der Waals surface area contributed by atoms with E-state index in [1.807, 2.05) is 62.8 Å². The van der Waals surface area contributed by atoms with Gasteiger partial charge in [-0.25, -0.2) is 4.68 Å². The first-order valence-corrected chi connectivity index (χ1v) is 8.66. The van der Waals surface area contributed by atoms with Gasteiger partial charge in [0.1, 0.15) is 11.6 Å². The molecule has 1 aliphatic rings. The second-order valence-corrected chi connectivity index (χ2v) is 6.68. The van der Waals surface area contributed by atoms with Crippen molar-refractivity contribution in [3.8, 4) is 17.6 Å². The summed E-state index contributed by atoms with van der Waals surface area (Å²) in [6.45, 7) is 5.86. The van der Waals surface area contributed by atoms with Gasteiger partial charge in [0.2, 0.25) is 11.8 Å². The third-order valence-electron chi connectivity index (χ3n) is 5.09. The Bertz CT molecular complexity index is 1110. The number of para-hydroxylation sites is 1. The summed E-state index contributed by atoms with van der Waals surface area (Å²) in [5.41, 5.74) is 11.9. The van der Waals surface area contributed by atoms with E-state index in [1.54, 1.807) is 4.68 Å². The number of nitrogens with zero attached hydrogens (tertiary/aromatic N) is 5. The maximum absolute atomic E-state index is 9.80. The molecule has 136 valence electrons. The molecule has 7 heteroatoms. The highest BCUT2D eigenvalue weighted by molar-refractivity contribution is 5.58. The molecule has 0 spiro atoms. The normalized spacial score (nSPS) is 16.0. The van der Waals surface area contributed by atoms with Gasteiger partial charge in [-0.15, -0.1) is 0 Å². The summed E-state index contributed by atoms with van der Waals surface area (Å²) in [5.74, 6) is 0.294. The molecule has 0 amide bonds. The van der Waals surface area contributed by atoms with Crippen LogP contribution >= 0.6 is 0 Å². The quantitative estimate of drug-likeness (QED) is 0.758. The van der Waals surface area contributed by atoms with Crippen molar-refractivity contribution >= 4 is 0 Å². The van der Waals surface area contributed by atoms with Crippen molar-refractivity contribution < 1.29 is 4.74 Å². The molecule has 3 aromatic rings. The van der Waals surface area contributed by atoms with E-state index in [9.17, 15) is 5.26 Å². The monoisotopic (exact) mass is 360 g/mol. The third-order valence-corrected chi connectivity index (χ3v) is 5.09. The molecule has 4 rings (SSSR count). The number of aryl methyl sites for hydroxylation is 3. The largest absolute Gasteiger partial charge is 0.422 e. The van der Waals surface area contributed by atoms with Crippen molar-refractivity contribution in [2.75, 3.05) is 0 Å². The average molecular weight is 360 g/mol. The standard InChI is InChI=1S/C20H20N6O/c1-11-16(13(3)25(4)23-11)18-15(10-21)19(22)27-20-17(18)12(2)24-26(20)14-8-6-5-7-9-14/h5-9,18H,22H2,1-4H3. The number of benzene rings is 1. The highest BCUT2D eigenvalue weighted by atomic mass is 16.5. The van der Waals surface area contributed by atoms with Gasteiger partial charge < -0.3 is 10.5 Å². The molecule has 0 fully saturated rings. The van der Waals surface area contributed by atoms with Crippen molar-refractivity contribution in [2.45, 2.75) is 26.7 Å². The van der Waals surface area contributed by atoms with Gasteiger partial charge in [-0.3, -0.25) is 4.68 Å². The zero-order valence-electron chi connectivity index (χ0n) is 15.7. The minimum Gasteiger partial charge on any atom is -0.422 e.